The number of aromatic nitrogens is 1. The fourth-order valence-electron chi connectivity index (χ4n) is 2.07. The fraction of sp³-hybridized carbons (Fsp3) is 0.750. The van der Waals surface area contributed by atoms with Gasteiger partial charge in [-0.2, -0.15) is 0 Å². The van der Waals surface area contributed by atoms with E-state index in [1.54, 1.807) is 11.3 Å². The first-order valence-corrected chi connectivity index (χ1v) is 6.76. The predicted octanol–water partition coefficient (Wildman–Crippen LogP) is 3.29. The Labute approximate surface area is 96.1 Å². The highest BCUT2D eigenvalue weighted by atomic mass is 32.1. The molecule has 1 heterocycles. The van der Waals surface area contributed by atoms with Gasteiger partial charge in [-0.05, 0) is 39.0 Å². The van der Waals surface area contributed by atoms with E-state index in [1.165, 1.54) is 25.0 Å². The molecule has 0 spiro atoms. The van der Waals surface area contributed by atoms with Crippen molar-refractivity contribution in [3.05, 3.63) is 16.1 Å². The highest BCUT2D eigenvalue weighted by Gasteiger charge is 2.30. The van der Waals surface area contributed by atoms with Gasteiger partial charge in [-0.15, -0.1) is 11.3 Å². The van der Waals surface area contributed by atoms with Crippen LogP contribution in [0.25, 0.3) is 0 Å². The lowest BCUT2D eigenvalue weighted by atomic mass is 10.1. The van der Waals surface area contributed by atoms with Crippen LogP contribution >= 0.6 is 11.3 Å². The number of hydrogen-bond acceptors (Lipinski definition) is 3. The Balaban J connectivity index is 1.92. The van der Waals surface area contributed by atoms with Crippen LogP contribution in [0.1, 0.15) is 49.9 Å². The zero-order valence-electron chi connectivity index (χ0n) is 9.79. The van der Waals surface area contributed by atoms with E-state index in [9.17, 15) is 0 Å². The van der Waals surface area contributed by atoms with Crippen molar-refractivity contribution in [3.63, 3.8) is 0 Å². The lowest BCUT2D eigenvalue weighted by molar-refractivity contribution is 0.401. The topological polar surface area (TPSA) is 24.9 Å². The van der Waals surface area contributed by atoms with E-state index in [2.05, 4.69) is 36.5 Å². The molecule has 0 saturated heterocycles. The molecule has 2 nitrogen and oxygen atoms in total. The van der Waals surface area contributed by atoms with E-state index in [4.69, 9.17) is 0 Å². The van der Waals surface area contributed by atoms with E-state index in [0.29, 0.717) is 12.1 Å². The standard InChI is InChI=1S/C12H20N2S/c1-4-11(10-5-6-10)13-8(2)12-7-15-9(3)14-12/h7-8,10-11,13H,4-6H2,1-3H3. The summed E-state index contributed by atoms with van der Waals surface area (Å²) in [6.07, 6.45) is 4.06. The van der Waals surface area contributed by atoms with Crippen LogP contribution in [-0.4, -0.2) is 11.0 Å². The van der Waals surface area contributed by atoms with Crippen LogP contribution < -0.4 is 5.32 Å². The van der Waals surface area contributed by atoms with Crippen molar-refractivity contribution in [2.24, 2.45) is 5.92 Å². The van der Waals surface area contributed by atoms with Crippen molar-refractivity contribution in [3.8, 4) is 0 Å². The number of nitrogens with zero attached hydrogens (tertiary/aromatic N) is 1. The third kappa shape index (κ3) is 2.79. The summed E-state index contributed by atoms with van der Waals surface area (Å²) in [6.45, 7) is 6.56. The van der Waals surface area contributed by atoms with Crippen molar-refractivity contribution in [1.82, 2.24) is 10.3 Å². The summed E-state index contributed by atoms with van der Waals surface area (Å²) in [7, 11) is 0. The highest BCUT2D eigenvalue weighted by Crippen LogP contribution is 2.35. The molecule has 84 valence electrons. The maximum atomic E-state index is 4.53. The zero-order valence-corrected chi connectivity index (χ0v) is 10.6. The normalized spacial score (nSPS) is 20.2. The Kier molecular flexibility index (Phi) is 3.42. The number of rotatable bonds is 5. The number of thiazole rings is 1. The van der Waals surface area contributed by atoms with Gasteiger partial charge in [0.2, 0.25) is 0 Å². The Morgan fingerprint density at radius 1 is 1.60 bits per heavy atom. The van der Waals surface area contributed by atoms with Gasteiger partial charge in [-0.1, -0.05) is 6.92 Å². The van der Waals surface area contributed by atoms with Crippen molar-refractivity contribution in [2.45, 2.75) is 52.1 Å². The minimum atomic E-state index is 0.403. The first-order valence-electron chi connectivity index (χ1n) is 5.88. The van der Waals surface area contributed by atoms with E-state index in [1.807, 2.05) is 0 Å². The summed E-state index contributed by atoms with van der Waals surface area (Å²) >= 11 is 1.74. The predicted molar refractivity (Wildman–Crippen MR) is 65.2 cm³/mol. The molecule has 15 heavy (non-hydrogen) atoms. The van der Waals surface area contributed by atoms with Crippen LogP contribution in [0.5, 0.6) is 0 Å². The van der Waals surface area contributed by atoms with Gasteiger partial charge in [0.05, 0.1) is 10.7 Å². The SMILES string of the molecule is CCC(NC(C)c1csc(C)n1)C1CC1. The molecule has 2 unspecified atom stereocenters. The van der Waals surface area contributed by atoms with Crippen molar-refractivity contribution in [2.75, 3.05) is 0 Å². The van der Waals surface area contributed by atoms with Crippen LogP contribution in [-0.2, 0) is 0 Å². The van der Waals surface area contributed by atoms with Gasteiger partial charge in [-0.3, -0.25) is 0 Å². The lowest BCUT2D eigenvalue weighted by Crippen LogP contribution is -2.32. The first kappa shape index (κ1) is 11.1. The molecular formula is C12H20N2S. The molecule has 1 saturated carbocycles. The molecule has 0 aromatic carbocycles. The third-order valence-corrected chi connectivity index (χ3v) is 3.97. The molecule has 3 heteroatoms. The number of nitrogens with one attached hydrogen (secondary N) is 1. The average molecular weight is 224 g/mol. The van der Waals surface area contributed by atoms with Crippen molar-refractivity contribution >= 4 is 11.3 Å². The molecule has 1 aromatic rings. The quantitative estimate of drug-likeness (QED) is 0.830. The summed E-state index contributed by atoms with van der Waals surface area (Å²) in [4.78, 5) is 4.53. The molecule has 0 bridgehead atoms. The van der Waals surface area contributed by atoms with E-state index in [-0.39, 0.29) is 0 Å². The summed E-state index contributed by atoms with van der Waals surface area (Å²) < 4.78 is 0. The average Bonchev–Trinajstić information content (AvgIpc) is 2.97. The lowest BCUT2D eigenvalue weighted by Gasteiger charge is -2.20. The minimum absolute atomic E-state index is 0.403. The summed E-state index contributed by atoms with van der Waals surface area (Å²) in [5.41, 5.74) is 1.21. The first-order chi connectivity index (χ1) is 7.20. The van der Waals surface area contributed by atoms with Gasteiger partial charge in [0.1, 0.15) is 0 Å². The smallest absolute Gasteiger partial charge is 0.0898 e. The molecule has 0 amide bonds. The monoisotopic (exact) mass is 224 g/mol. The Bertz CT molecular complexity index is 317. The molecular weight excluding hydrogens is 204 g/mol. The molecule has 1 aliphatic rings. The minimum Gasteiger partial charge on any atom is -0.306 e. The molecule has 0 aliphatic heterocycles. The van der Waals surface area contributed by atoms with E-state index < -0.39 is 0 Å². The summed E-state index contributed by atoms with van der Waals surface area (Å²) in [5.74, 6) is 0.928. The van der Waals surface area contributed by atoms with Gasteiger partial charge >= 0.3 is 0 Å². The molecule has 1 N–H and O–H groups in total. The van der Waals surface area contributed by atoms with Gasteiger partial charge in [0, 0.05) is 17.5 Å². The molecule has 0 radical (unpaired) electrons. The molecule has 1 aromatic heterocycles. The van der Waals surface area contributed by atoms with Gasteiger partial charge in [0.25, 0.3) is 0 Å². The van der Waals surface area contributed by atoms with Crippen LogP contribution in [0.15, 0.2) is 5.38 Å². The van der Waals surface area contributed by atoms with Gasteiger partial charge < -0.3 is 5.32 Å². The second kappa shape index (κ2) is 4.62. The summed E-state index contributed by atoms with van der Waals surface area (Å²) in [5, 5.41) is 7.04. The Morgan fingerprint density at radius 2 is 2.33 bits per heavy atom. The Hall–Kier alpha value is -0.410. The molecule has 2 rings (SSSR count). The largest absolute Gasteiger partial charge is 0.306 e. The van der Waals surface area contributed by atoms with Crippen molar-refractivity contribution < 1.29 is 0 Å². The fourth-order valence-corrected chi connectivity index (χ4v) is 2.78. The van der Waals surface area contributed by atoms with Gasteiger partial charge in [-0.25, -0.2) is 4.98 Å². The molecule has 1 aliphatic carbocycles. The zero-order chi connectivity index (χ0) is 10.8. The van der Waals surface area contributed by atoms with Crippen LogP contribution in [0.4, 0.5) is 0 Å². The maximum absolute atomic E-state index is 4.53. The second-order valence-electron chi connectivity index (χ2n) is 4.53. The van der Waals surface area contributed by atoms with Crippen LogP contribution in [0.2, 0.25) is 0 Å². The van der Waals surface area contributed by atoms with Crippen LogP contribution in [0, 0.1) is 12.8 Å². The highest BCUT2D eigenvalue weighted by molar-refractivity contribution is 7.09. The summed E-state index contributed by atoms with van der Waals surface area (Å²) in [6, 6.07) is 1.10. The number of aryl methyl sites for hydroxylation is 1. The van der Waals surface area contributed by atoms with E-state index in [0.717, 1.165) is 10.9 Å². The molecule has 1 fully saturated rings. The molecule has 2 atom stereocenters. The second-order valence-corrected chi connectivity index (χ2v) is 5.59. The van der Waals surface area contributed by atoms with E-state index >= 15 is 0 Å². The Morgan fingerprint density at radius 3 is 2.80 bits per heavy atom. The van der Waals surface area contributed by atoms with Crippen LogP contribution in [0.3, 0.4) is 0 Å². The van der Waals surface area contributed by atoms with Crippen molar-refractivity contribution in [1.29, 1.82) is 0 Å². The third-order valence-electron chi connectivity index (χ3n) is 3.18. The van der Waals surface area contributed by atoms with Gasteiger partial charge in [0.15, 0.2) is 0 Å². The number of hydrogen-bond donors (Lipinski definition) is 1. The maximum Gasteiger partial charge on any atom is 0.0898 e.